The molecule has 0 saturated heterocycles. The van der Waals surface area contributed by atoms with Crippen LogP contribution in [0.4, 0.5) is 11.4 Å². The van der Waals surface area contributed by atoms with E-state index in [1.165, 1.54) is 6.92 Å². The summed E-state index contributed by atoms with van der Waals surface area (Å²) in [6, 6.07) is 14.9. The minimum Gasteiger partial charge on any atom is -0.480 e. The van der Waals surface area contributed by atoms with Crippen LogP contribution in [0.25, 0.3) is 0 Å². The molecule has 4 N–H and O–H groups in total. The highest BCUT2D eigenvalue weighted by molar-refractivity contribution is 5.94. The van der Waals surface area contributed by atoms with Crippen molar-refractivity contribution in [2.45, 2.75) is 25.9 Å². The molecule has 0 bridgehead atoms. The van der Waals surface area contributed by atoms with E-state index in [-0.39, 0.29) is 12.3 Å². The number of anilines is 2. The van der Waals surface area contributed by atoms with Crippen molar-refractivity contribution in [3.8, 4) is 0 Å². The van der Waals surface area contributed by atoms with Gasteiger partial charge in [-0.3, -0.25) is 19.7 Å². The smallest absolute Gasteiger partial charge is 0.321 e. The minimum absolute atomic E-state index is 0.185. The first-order chi connectivity index (χ1) is 12.4. The molecule has 1 unspecified atom stereocenters. The Morgan fingerprint density at radius 1 is 0.923 bits per heavy atom. The first-order valence-electron chi connectivity index (χ1n) is 8.11. The molecule has 0 heterocycles. The van der Waals surface area contributed by atoms with Gasteiger partial charge >= 0.3 is 5.97 Å². The summed E-state index contributed by atoms with van der Waals surface area (Å²) < 4.78 is 0. The highest BCUT2D eigenvalue weighted by Gasteiger charge is 2.20. The highest BCUT2D eigenvalue weighted by atomic mass is 16.4. The van der Waals surface area contributed by atoms with Gasteiger partial charge in [-0.1, -0.05) is 30.3 Å². The van der Waals surface area contributed by atoms with Crippen LogP contribution in [0.5, 0.6) is 0 Å². The molecular weight excluding hydrogens is 334 g/mol. The molecule has 136 valence electrons. The van der Waals surface area contributed by atoms with Gasteiger partial charge in [0.2, 0.25) is 11.8 Å². The molecule has 0 aliphatic carbocycles. The molecular formula is C19H21N3O4. The lowest BCUT2D eigenvalue weighted by Crippen LogP contribution is -2.39. The standard InChI is InChI=1S/C19H21N3O4/c1-13(23)21-15-7-9-16(10-8-15)22-18(24)11-17(19(25)26)20-12-14-5-3-2-4-6-14/h2-10,17,20H,11-12H2,1H3,(H,21,23)(H,22,24)(H,25,26). The Bertz CT molecular complexity index is 760. The molecule has 7 heteroatoms. The van der Waals surface area contributed by atoms with E-state index < -0.39 is 17.9 Å². The van der Waals surface area contributed by atoms with E-state index >= 15 is 0 Å². The second-order valence-electron chi connectivity index (χ2n) is 5.77. The van der Waals surface area contributed by atoms with Gasteiger partial charge in [0.25, 0.3) is 0 Å². The summed E-state index contributed by atoms with van der Waals surface area (Å²) in [6.45, 7) is 1.76. The molecule has 2 aromatic carbocycles. The van der Waals surface area contributed by atoms with Crippen LogP contribution in [0.3, 0.4) is 0 Å². The summed E-state index contributed by atoms with van der Waals surface area (Å²) in [6.07, 6.45) is -0.199. The van der Waals surface area contributed by atoms with Gasteiger partial charge in [-0.25, -0.2) is 0 Å². The maximum atomic E-state index is 12.1. The minimum atomic E-state index is -1.09. The Hall–Kier alpha value is -3.19. The van der Waals surface area contributed by atoms with E-state index in [0.717, 1.165) is 5.56 Å². The van der Waals surface area contributed by atoms with Crippen LogP contribution in [0, 0.1) is 0 Å². The number of benzene rings is 2. The zero-order chi connectivity index (χ0) is 18.9. The van der Waals surface area contributed by atoms with E-state index in [2.05, 4.69) is 16.0 Å². The number of aliphatic carboxylic acids is 1. The molecule has 2 rings (SSSR count). The van der Waals surface area contributed by atoms with Crippen molar-refractivity contribution in [2.75, 3.05) is 10.6 Å². The SMILES string of the molecule is CC(=O)Nc1ccc(NC(=O)CC(NCc2ccccc2)C(=O)O)cc1. The molecule has 2 aromatic rings. The lowest BCUT2D eigenvalue weighted by atomic mass is 10.1. The van der Waals surface area contributed by atoms with Crippen molar-refractivity contribution < 1.29 is 19.5 Å². The summed E-state index contributed by atoms with van der Waals surface area (Å²) in [5.74, 6) is -1.68. The Kier molecular flexibility index (Phi) is 6.87. The third kappa shape index (κ3) is 6.37. The van der Waals surface area contributed by atoms with Crippen molar-refractivity contribution in [2.24, 2.45) is 0 Å². The molecule has 0 fully saturated rings. The van der Waals surface area contributed by atoms with Crippen molar-refractivity contribution in [1.29, 1.82) is 0 Å². The summed E-state index contributed by atoms with van der Waals surface area (Å²) in [5, 5.41) is 17.5. The van der Waals surface area contributed by atoms with Gasteiger partial charge in [0, 0.05) is 24.8 Å². The van der Waals surface area contributed by atoms with Crippen LogP contribution >= 0.6 is 0 Å². The van der Waals surface area contributed by atoms with E-state index in [1.807, 2.05) is 30.3 Å². The Morgan fingerprint density at radius 3 is 2.04 bits per heavy atom. The van der Waals surface area contributed by atoms with Gasteiger partial charge in [0.1, 0.15) is 6.04 Å². The maximum Gasteiger partial charge on any atom is 0.321 e. The Balaban J connectivity index is 1.88. The normalized spacial score (nSPS) is 11.4. The number of carbonyl (C=O) groups is 3. The van der Waals surface area contributed by atoms with Gasteiger partial charge in [0.05, 0.1) is 6.42 Å². The number of carboxylic acid groups (broad SMARTS) is 1. The zero-order valence-electron chi connectivity index (χ0n) is 14.4. The third-order valence-electron chi connectivity index (χ3n) is 3.57. The molecule has 26 heavy (non-hydrogen) atoms. The number of nitrogens with one attached hydrogen (secondary N) is 3. The number of hydrogen-bond donors (Lipinski definition) is 4. The molecule has 2 amide bonds. The average molecular weight is 355 g/mol. The van der Waals surface area contributed by atoms with Gasteiger partial charge in [-0.2, -0.15) is 0 Å². The van der Waals surface area contributed by atoms with Crippen molar-refractivity contribution in [3.63, 3.8) is 0 Å². The number of carbonyl (C=O) groups excluding carboxylic acids is 2. The van der Waals surface area contributed by atoms with Crippen LogP contribution in [-0.4, -0.2) is 28.9 Å². The Morgan fingerprint density at radius 2 is 1.50 bits per heavy atom. The summed E-state index contributed by atoms with van der Waals surface area (Å²) >= 11 is 0. The molecule has 0 radical (unpaired) electrons. The predicted octanol–water partition coefficient (Wildman–Crippen LogP) is 2.22. The molecule has 7 nitrogen and oxygen atoms in total. The maximum absolute atomic E-state index is 12.1. The lowest BCUT2D eigenvalue weighted by molar-refractivity contribution is -0.141. The molecule has 0 aromatic heterocycles. The zero-order valence-corrected chi connectivity index (χ0v) is 14.4. The number of rotatable bonds is 8. The first kappa shape index (κ1) is 19.1. The molecule has 0 saturated carbocycles. The molecule has 0 aliphatic rings. The fraction of sp³-hybridized carbons (Fsp3) is 0.211. The average Bonchev–Trinajstić information content (AvgIpc) is 2.60. The summed E-state index contributed by atoms with van der Waals surface area (Å²) in [4.78, 5) is 34.5. The Labute approximate surface area is 151 Å². The fourth-order valence-corrected chi connectivity index (χ4v) is 2.32. The lowest BCUT2D eigenvalue weighted by Gasteiger charge is -2.14. The second kappa shape index (κ2) is 9.33. The van der Waals surface area contributed by atoms with Crippen molar-refractivity contribution >= 4 is 29.2 Å². The van der Waals surface area contributed by atoms with Crippen molar-refractivity contribution in [3.05, 3.63) is 60.2 Å². The van der Waals surface area contributed by atoms with Crippen LogP contribution in [0.1, 0.15) is 18.9 Å². The van der Waals surface area contributed by atoms with Crippen LogP contribution < -0.4 is 16.0 Å². The van der Waals surface area contributed by atoms with Crippen LogP contribution in [0.15, 0.2) is 54.6 Å². The molecule has 1 atom stereocenters. The monoisotopic (exact) mass is 355 g/mol. The van der Waals surface area contributed by atoms with Gasteiger partial charge < -0.3 is 15.7 Å². The largest absolute Gasteiger partial charge is 0.480 e. The van der Waals surface area contributed by atoms with Gasteiger partial charge in [-0.15, -0.1) is 0 Å². The van der Waals surface area contributed by atoms with Crippen LogP contribution in [-0.2, 0) is 20.9 Å². The molecule has 0 spiro atoms. The quantitative estimate of drug-likeness (QED) is 0.581. The van der Waals surface area contributed by atoms with E-state index in [9.17, 15) is 19.5 Å². The molecule has 0 aliphatic heterocycles. The van der Waals surface area contributed by atoms with Crippen LogP contribution in [0.2, 0.25) is 0 Å². The highest BCUT2D eigenvalue weighted by Crippen LogP contribution is 2.14. The van der Waals surface area contributed by atoms with E-state index in [4.69, 9.17) is 0 Å². The van der Waals surface area contributed by atoms with E-state index in [1.54, 1.807) is 24.3 Å². The number of hydrogen-bond acceptors (Lipinski definition) is 4. The van der Waals surface area contributed by atoms with E-state index in [0.29, 0.717) is 17.9 Å². The number of carboxylic acids is 1. The van der Waals surface area contributed by atoms with Gasteiger partial charge in [-0.05, 0) is 29.8 Å². The van der Waals surface area contributed by atoms with Crippen molar-refractivity contribution in [1.82, 2.24) is 5.32 Å². The summed E-state index contributed by atoms with van der Waals surface area (Å²) in [7, 11) is 0. The summed E-state index contributed by atoms with van der Waals surface area (Å²) in [5.41, 5.74) is 2.08. The first-order valence-corrected chi connectivity index (χ1v) is 8.11. The topological polar surface area (TPSA) is 108 Å². The third-order valence-corrected chi connectivity index (χ3v) is 3.57. The second-order valence-corrected chi connectivity index (χ2v) is 5.77. The number of amides is 2. The fourth-order valence-electron chi connectivity index (χ4n) is 2.32. The predicted molar refractivity (Wildman–Crippen MR) is 98.7 cm³/mol. The van der Waals surface area contributed by atoms with Gasteiger partial charge in [0.15, 0.2) is 0 Å².